The molecular formula is C31H40N2O4. The highest BCUT2D eigenvalue weighted by Crippen LogP contribution is 2.58. The van der Waals surface area contributed by atoms with Gasteiger partial charge in [0.25, 0.3) is 0 Å². The van der Waals surface area contributed by atoms with Crippen LogP contribution in [0.2, 0.25) is 0 Å². The number of hydrogen-bond donors (Lipinski definition) is 0. The molecule has 0 unspecified atom stereocenters. The van der Waals surface area contributed by atoms with Crippen LogP contribution in [0.1, 0.15) is 89.3 Å². The Balaban J connectivity index is 1.61. The summed E-state index contributed by atoms with van der Waals surface area (Å²) in [6.45, 7) is 17.5. The van der Waals surface area contributed by atoms with Crippen molar-refractivity contribution in [3.63, 3.8) is 0 Å². The summed E-state index contributed by atoms with van der Waals surface area (Å²) in [5, 5.41) is 0. The Bertz CT molecular complexity index is 1330. The van der Waals surface area contributed by atoms with E-state index in [9.17, 15) is 4.79 Å². The second-order valence-corrected chi connectivity index (χ2v) is 11.7. The quantitative estimate of drug-likeness (QED) is 0.394. The molecule has 2 bridgehead atoms. The molecular weight excluding hydrogens is 464 g/mol. The highest BCUT2D eigenvalue weighted by Gasteiger charge is 2.54. The fraction of sp³-hybridized carbons (Fsp3) is 0.581. The number of ether oxygens (including phenoxy) is 3. The molecule has 0 aliphatic carbocycles. The van der Waals surface area contributed by atoms with Crippen LogP contribution < -0.4 is 14.2 Å². The van der Waals surface area contributed by atoms with Gasteiger partial charge < -0.3 is 14.2 Å². The number of fused-ring (bicyclic) bond motifs is 9. The molecule has 0 amide bonds. The normalized spacial score (nSPS) is 28.0. The molecule has 4 aliphatic heterocycles. The summed E-state index contributed by atoms with van der Waals surface area (Å²) in [6, 6.07) is 1.52. The lowest BCUT2D eigenvalue weighted by atomic mass is 9.69. The molecule has 0 N–H and O–H groups in total. The van der Waals surface area contributed by atoms with Crippen LogP contribution in [0.3, 0.4) is 0 Å². The number of esters is 1. The third kappa shape index (κ3) is 3.21. The summed E-state index contributed by atoms with van der Waals surface area (Å²) >= 11 is 0. The number of carbonyl (C=O) groups is 1. The number of carbonyl (C=O) groups excluding carboxylic acids is 1. The first-order chi connectivity index (χ1) is 17.6. The summed E-state index contributed by atoms with van der Waals surface area (Å²) < 4.78 is 18.0. The predicted octanol–water partition coefficient (Wildman–Crippen LogP) is 5.56. The Morgan fingerprint density at radius 2 is 1.54 bits per heavy atom. The molecule has 37 heavy (non-hydrogen) atoms. The second-order valence-electron chi connectivity index (χ2n) is 11.7. The van der Waals surface area contributed by atoms with E-state index in [-0.39, 0.29) is 30.9 Å². The van der Waals surface area contributed by atoms with Gasteiger partial charge in [0.05, 0.1) is 6.04 Å². The number of likely N-dealkylation sites (N-methyl/N-ethyl adjacent to an activating group) is 1. The maximum absolute atomic E-state index is 12.3. The van der Waals surface area contributed by atoms with E-state index >= 15 is 0 Å². The molecule has 0 aromatic heterocycles. The van der Waals surface area contributed by atoms with E-state index in [1.54, 1.807) is 5.56 Å². The minimum Gasteiger partial charge on any atom is -0.453 e. The van der Waals surface area contributed by atoms with Gasteiger partial charge in [0.2, 0.25) is 6.79 Å². The van der Waals surface area contributed by atoms with Crippen molar-refractivity contribution in [2.45, 2.75) is 105 Å². The minimum atomic E-state index is -0.297. The SMILES string of the molecule is CC[C@H]1c2c(c(OC(C)=O)c(C)c3c2OCO3)C[C@H]2[C@H]3c4c(C)c(C)c(C)c(C)c4C[C@@H]([C@H](C)N12)N3C. The van der Waals surface area contributed by atoms with Crippen molar-refractivity contribution in [1.82, 2.24) is 9.80 Å². The molecule has 6 rings (SSSR count). The summed E-state index contributed by atoms with van der Waals surface area (Å²) in [5.41, 5.74) is 12.0. The van der Waals surface area contributed by atoms with E-state index in [4.69, 9.17) is 14.2 Å². The molecule has 4 aliphatic rings. The Morgan fingerprint density at radius 1 is 0.892 bits per heavy atom. The Kier molecular flexibility index (Phi) is 5.67. The van der Waals surface area contributed by atoms with Crippen LogP contribution in [0.5, 0.6) is 17.2 Å². The zero-order valence-corrected chi connectivity index (χ0v) is 23.7. The molecule has 1 fully saturated rings. The summed E-state index contributed by atoms with van der Waals surface area (Å²) in [7, 11) is 2.32. The van der Waals surface area contributed by atoms with Crippen molar-refractivity contribution >= 4 is 5.97 Å². The molecule has 2 aromatic carbocycles. The number of piperazine rings is 1. The van der Waals surface area contributed by atoms with Crippen LogP contribution in [0, 0.1) is 34.6 Å². The number of nitrogens with zero attached hydrogens (tertiary/aromatic N) is 2. The molecule has 1 saturated heterocycles. The van der Waals surface area contributed by atoms with Crippen molar-refractivity contribution in [1.29, 1.82) is 0 Å². The largest absolute Gasteiger partial charge is 0.453 e. The van der Waals surface area contributed by atoms with Crippen molar-refractivity contribution < 1.29 is 19.0 Å². The van der Waals surface area contributed by atoms with Crippen LogP contribution in [-0.2, 0) is 17.6 Å². The zero-order chi connectivity index (χ0) is 26.5. The Labute approximate surface area is 220 Å². The van der Waals surface area contributed by atoms with E-state index in [2.05, 4.69) is 58.4 Å². The number of hydrogen-bond acceptors (Lipinski definition) is 6. The molecule has 0 radical (unpaired) electrons. The van der Waals surface area contributed by atoms with E-state index in [1.807, 2.05) is 6.92 Å². The van der Waals surface area contributed by atoms with Crippen molar-refractivity contribution in [3.8, 4) is 17.2 Å². The maximum atomic E-state index is 12.3. The maximum Gasteiger partial charge on any atom is 0.308 e. The van der Waals surface area contributed by atoms with E-state index in [0.29, 0.717) is 17.8 Å². The van der Waals surface area contributed by atoms with Crippen LogP contribution >= 0.6 is 0 Å². The standard InChI is InChI=1S/C31H40N2O4/c1-10-23-27-22(29(37-20(8)34)18(6)30-31(27)36-13-35-30)12-25-28-26-17(5)15(3)14(2)16(4)21(26)11-24(32(28)9)19(7)33(23)25/h19,23-25,28H,10-13H2,1-9H3/t19-,23-,24-,25-,28-/m0/s1. The number of rotatable bonds is 2. The molecule has 5 atom stereocenters. The van der Waals surface area contributed by atoms with E-state index in [1.165, 1.54) is 34.7 Å². The van der Waals surface area contributed by atoms with Crippen LogP contribution in [0.4, 0.5) is 0 Å². The topological polar surface area (TPSA) is 51.2 Å². The summed E-state index contributed by atoms with van der Waals surface area (Å²) in [6.07, 6.45) is 2.84. The number of benzene rings is 2. The Morgan fingerprint density at radius 3 is 2.22 bits per heavy atom. The average Bonchev–Trinajstić information content (AvgIpc) is 3.35. The van der Waals surface area contributed by atoms with Crippen LogP contribution in [0.15, 0.2) is 0 Å². The monoisotopic (exact) mass is 504 g/mol. The lowest BCUT2D eigenvalue weighted by Crippen LogP contribution is -2.67. The first-order valence-corrected chi connectivity index (χ1v) is 13.8. The van der Waals surface area contributed by atoms with E-state index in [0.717, 1.165) is 47.5 Å². The smallest absolute Gasteiger partial charge is 0.308 e. The van der Waals surface area contributed by atoms with Crippen molar-refractivity contribution in [2.24, 2.45) is 0 Å². The van der Waals surface area contributed by atoms with E-state index < -0.39 is 0 Å². The van der Waals surface area contributed by atoms with Gasteiger partial charge in [0.1, 0.15) is 5.75 Å². The van der Waals surface area contributed by atoms with Gasteiger partial charge in [-0.2, -0.15) is 0 Å². The first kappa shape index (κ1) is 24.7. The molecule has 2 aromatic rings. The third-order valence-electron chi connectivity index (χ3n) is 10.2. The fourth-order valence-corrected chi connectivity index (χ4v) is 8.17. The zero-order valence-electron chi connectivity index (χ0n) is 23.7. The molecule has 0 spiro atoms. The minimum absolute atomic E-state index is 0.169. The van der Waals surface area contributed by atoms with Gasteiger partial charge in [0.15, 0.2) is 11.5 Å². The molecule has 6 heteroatoms. The third-order valence-corrected chi connectivity index (χ3v) is 10.2. The van der Waals surface area contributed by atoms with Gasteiger partial charge in [-0.15, -0.1) is 0 Å². The van der Waals surface area contributed by atoms with Gasteiger partial charge in [-0.25, -0.2) is 0 Å². The molecule has 6 nitrogen and oxygen atoms in total. The van der Waals surface area contributed by atoms with Crippen LogP contribution in [-0.4, -0.2) is 47.7 Å². The lowest BCUT2D eigenvalue weighted by Gasteiger charge is -2.61. The molecule has 4 heterocycles. The molecule has 198 valence electrons. The van der Waals surface area contributed by atoms with Crippen molar-refractivity contribution in [2.75, 3.05) is 13.8 Å². The lowest BCUT2D eigenvalue weighted by molar-refractivity contribution is -0.132. The Hall–Kier alpha value is -2.57. The van der Waals surface area contributed by atoms with Gasteiger partial charge in [-0.1, -0.05) is 6.92 Å². The second kappa shape index (κ2) is 8.47. The average molecular weight is 505 g/mol. The van der Waals surface area contributed by atoms with Gasteiger partial charge in [-0.05, 0) is 101 Å². The molecule has 0 saturated carbocycles. The predicted molar refractivity (Wildman–Crippen MR) is 144 cm³/mol. The first-order valence-electron chi connectivity index (χ1n) is 13.8. The fourth-order valence-electron chi connectivity index (χ4n) is 8.17. The highest BCUT2D eigenvalue weighted by molar-refractivity contribution is 5.74. The van der Waals surface area contributed by atoms with Gasteiger partial charge in [-0.3, -0.25) is 14.6 Å². The van der Waals surface area contributed by atoms with Crippen molar-refractivity contribution in [3.05, 3.63) is 50.1 Å². The van der Waals surface area contributed by atoms with Crippen LogP contribution in [0.25, 0.3) is 0 Å². The highest BCUT2D eigenvalue weighted by atomic mass is 16.7. The summed E-state index contributed by atoms with van der Waals surface area (Å²) in [5.74, 6) is 1.96. The summed E-state index contributed by atoms with van der Waals surface area (Å²) in [4.78, 5) is 17.7. The van der Waals surface area contributed by atoms with Gasteiger partial charge >= 0.3 is 5.97 Å². The van der Waals surface area contributed by atoms with Gasteiger partial charge in [0, 0.05) is 47.8 Å².